The summed E-state index contributed by atoms with van der Waals surface area (Å²) in [4.78, 5) is 10.1. The van der Waals surface area contributed by atoms with Crippen molar-refractivity contribution >= 4 is 0 Å². The molecule has 0 atom stereocenters. The van der Waals surface area contributed by atoms with Gasteiger partial charge in [-0.3, -0.25) is 9.97 Å². The molecule has 12 bridgehead atoms. The number of aromatic nitrogens is 2. The van der Waals surface area contributed by atoms with Gasteiger partial charge in [0, 0.05) is 78.5 Å². The number of hydrogen-bond acceptors (Lipinski definition) is 8. The fourth-order valence-corrected chi connectivity index (χ4v) is 8.60. The summed E-state index contributed by atoms with van der Waals surface area (Å²) in [6.07, 6.45) is 0. The highest BCUT2D eigenvalue weighted by Gasteiger charge is 2.19. The Kier molecular flexibility index (Phi) is 12.3. The van der Waals surface area contributed by atoms with Crippen molar-refractivity contribution in [2.75, 3.05) is 0 Å². The summed E-state index contributed by atoms with van der Waals surface area (Å²) in [5, 5.41) is 22.7. The van der Waals surface area contributed by atoms with Gasteiger partial charge in [0.15, 0.2) is 0 Å². The summed E-state index contributed by atoms with van der Waals surface area (Å²) in [7, 11) is 0. The molecular weight excluding hydrogens is 665 g/mol. The minimum atomic E-state index is 0.711. The summed E-state index contributed by atoms with van der Waals surface area (Å²) in [6.45, 7) is 23.0. The third-order valence-corrected chi connectivity index (χ3v) is 11.8. The lowest BCUT2D eigenvalue weighted by Crippen LogP contribution is -2.24. The van der Waals surface area contributed by atoms with Gasteiger partial charge in [-0.1, -0.05) is 36.4 Å². The van der Waals surface area contributed by atoms with E-state index in [0.717, 1.165) is 75.1 Å². The lowest BCUT2D eigenvalue weighted by molar-refractivity contribution is 0.629. The second kappa shape index (κ2) is 17.5. The van der Waals surface area contributed by atoms with Crippen LogP contribution in [0.5, 0.6) is 0 Å². The molecule has 0 aliphatic carbocycles. The van der Waals surface area contributed by atoms with Crippen LogP contribution in [0.2, 0.25) is 0 Å². The Morgan fingerprint density at radius 3 is 0.833 bits per heavy atom. The Morgan fingerprint density at radius 2 is 0.556 bits per heavy atom. The molecule has 8 heteroatoms. The molecule has 0 radical (unpaired) electrons. The van der Waals surface area contributed by atoms with Gasteiger partial charge in [0.1, 0.15) is 0 Å². The van der Waals surface area contributed by atoms with Gasteiger partial charge >= 0.3 is 0 Å². The standard InChI is InChI=1S/C46H58N8/c1-29-41-23-47-17-35-10-7-11-36(16-35)18-48-24-42-31(3)45-27-51-21-39-13-8-12-37(53-39)19-49-25-43(29)33(5)44(30(41)2)26-50-20-38-14-9-15-40(54-38)22-52-28-46(32(42)4)34(45)6/h7-16,47-52H,17-28H2,1-6H3. The Hall–Kier alpha value is -4.28. The number of nitrogens with zero attached hydrogens (tertiary/aromatic N) is 2. The van der Waals surface area contributed by atoms with E-state index < -0.39 is 0 Å². The molecule has 0 unspecified atom stereocenters. The van der Waals surface area contributed by atoms with Crippen molar-refractivity contribution in [3.05, 3.63) is 161 Å². The molecule has 282 valence electrons. The normalized spacial score (nSPS) is 16.1. The van der Waals surface area contributed by atoms with Crippen LogP contribution in [0.25, 0.3) is 0 Å². The average molecular weight is 723 g/mol. The van der Waals surface area contributed by atoms with E-state index in [1.807, 2.05) is 0 Å². The van der Waals surface area contributed by atoms with Gasteiger partial charge in [0.2, 0.25) is 0 Å². The first-order valence-electron chi connectivity index (χ1n) is 19.7. The van der Waals surface area contributed by atoms with Crippen LogP contribution in [0.3, 0.4) is 0 Å². The lowest BCUT2D eigenvalue weighted by atomic mass is 9.87. The van der Waals surface area contributed by atoms with Crippen LogP contribution in [0.15, 0.2) is 60.7 Å². The van der Waals surface area contributed by atoms with Gasteiger partial charge in [-0.15, -0.1) is 0 Å². The van der Waals surface area contributed by atoms with E-state index in [-0.39, 0.29) is 0 Å². The van der Waals surface area contributed by atoms with Crippen molar-refractivity contribution in [1.82, 2.24) is 41.9 Å². The first kappa shape index (κ1) is 38.0. The molecule has 54 heavy (non-hydrogen) atoms. The van der Waals surface area contributed by atoms with E-state index >= 15 is 0 Å². The van der Waals surface area contributed by atoms with Gasteiger partial charge in [-0.2, -0.15) is 0 Å². The molecule has 0 saturated carbocycles. The smallest absolute Gasteiger partial charge is 0.0545 e. The number of pyridine rings is 2. The van der Waals surface area contributed by atoms with Crippen molar-refractivity contribution < 1.29 is 0 Å². The molecule has 3 aromatic carbocycles. The fraction of sp³-hybridized carbons (Fsp3) is 0.391. The minimum Gasteiger partial charge on any atom is -0.309 e. The molecule has 0 saturated heterocycles. The Balaban J connectivity index is 1.32. The molecule has 8 nitrogen and oxygen atoms in total. The number of nitrogens with one attached hydrogen (secondary N) is 6. The van der Waals surface area contributed by atoms with E-state index in [9.17, 15) is 0 Å². The molecule has 3 aliphatic rings. The molecule has 5 heterocycles. The third-order valence-electron chi connectivity index (χ3n) is 11.8. The quantitative estimate of drug-likeness (QED) is 0.105. The first-order chi connectivity index (χ1) is 26.3. The average Bonchev–Trinajstić information content (AvgIpc) is 3.16. The predicted molar refractivity (Wildman–Crippen MR) is 219 cm³/mol. The van der Waals surface area contributed by atoms with Crippen molar-refractivity contribution in [3.8, 4) is 0 Å². The Morgan fingerprint density at radius 1 is 0.315 bits per heavy atom. The van der Waals surface area contributed by atoms with Gasteiger partial charge < -0.3 is 31.9 Å². The van der Waals surface area contributed by atoms with E-state index in [2.05, 4.69) is 134 Å². The van der Waals surface area contributed by atoms with E-state index in [1.165, 1.54) is 77.9 Å². The largest absolute Gasteiger partial charge is 0.309 e. The Bertz CT molecular complexity index is 1700. The van der Waals surface area contributed by atoms with E-state index in [4.69, 9.17) is 9.97 Å². The van der Waals surface area contributed by atoms with Crippen molar-refractivity contribution in [1.29, 1.82) is 0 Å². The van der Waals surface area contributed by atoms with Gasteiger partial charge in [0.05, 0.1) is 22.8 Å². The van der Waals surface area contributed by atoms with Crippen LogP contribution in [0.4, 0.5) is 0 Å². The maximum atomic E-state index is 5.07. The lowest BCUT2D eigenvalue weighted by Gasteiger charge is -2.24. The SMILES string of the molecule is Cc1c2c(C)c3c(C)c1CNCc1cccc(n1)CNCc1c(C)c(c(C)c(c1C)CNCc1cccc(n1)CNC3)CNCc1cccc(c1)CNC2. The molecule has 0 amide bonds. The van der Waals surface area contributed by atoms with Gasteiger partial charge in [-0.05, 0) is 144 Å². The highest BCUT2D eigenvalue weighted by Crippen LogP contribution is 2.30. The van der Waals surface area contributed by atoms with E-state index in [1.54, 1.807) is 0 Å². The summed E-state index contributed by atoms with van der Waals surface area (Å²) >= 11 is 0. The second-order valence-corrected chi connectivity index (χ2v) is 15.3. The molecule has 5 aromatic rings. The summed E-state index contributed by atoms with van der Waals surface area (Å²) in [6, 6.07) is 21.8. The number of rotatable bonds is 0. The maximum Gasteiger partial charge on any atom is 0.0545 e. The molecule has 0 spiro atoms. The monoisotopic (exact) mass is 722 g/mol. The maximum absolute atomic E-state index is 5.07. The second-order valence-electron chi connectivity index (χ2n) is 15.3. The third kappa shape index (κ3) is 8.65. The molecule has 2 aromatic heterocycles. The summed E-state index contributed by atoms with van der Waals surface area (Å²) in [5.74, 6) is 0. The highest BCUT2D eigenvalue weighted by atomic mass is 14.9. The summed E-state index contributed by atoms with van der Waals surface area (Å²) in [5.41, 5.74) is 23.3. The van der Waals surface area contributed by atoms with Crippen molar-refractivity contribution in [2.45, 2.75) is 120 Å². The van der Waals surface area contributed by atoms with E-state index in [0.29, 0.717) is 26.2 Å². The minimum absolute atomic E-state index is 0.711. The molecule has 3 aliphatic heterocycles. The highest BCUT2D eigenvalue weighted by molar-refractivity contribution is 5.52. The van der Waals surface area contributed by atoms with Crippen LogP contribution < -0.4 is 31.9 Å². The van der Waals surface area contributed by atoms with Crippen LogP contribution >= 0.6 is 0 Å². The number of hydrogen-bond donors (Lipinski definition) is 6. The predicted octanol–water partition coefficient (Wildman–Crippen LogP) is 6.69. The molecule has 8 rings (SSSR count). The molecule has 6 N–H and O–H groups in total. The zero-order valence-electron chi connectivity index (χ0n) is 33.2. The first-order valence-corrected chi connectivity index (χ1v) is 19.7. The van der Waals surface area contributed by atoms with Crippen LogP contribution in [-0.2, 0) is 78.5 Å². The zero-order chi connectivity index (χ0) is 37.6. The zero-order valence-corrected chi connectivity index (χ0v) is 33.2. The van der Waals surface area contributed by atoms with Gasteiger partial charge in [-0.25, -0.2) is 0 Å². The number of fused-ring (bicyclic) bond motifs is 12. The van der Waals surface area contributed by atoms with Crippen LogP contribution in [-0.4, -0.2) is 9.97 Å². The van der Waals surface area contributed by atoms with Gasteiger partial charge in [0.25, 0.3) is 0 Å². The van der Waals surface area contributed by atoms with Crippen molar-refractivity contribution in [3.63, 3.8) is 0 Å². The van der Waals surface area contributed by atoms with Crippen molar-refractivity contribution in [2.24, 2.45) is 0 Å². The van der Waals surface area contributed by atoms with Crippen LogP contribution in [0.1, 0.15) is 101 Å². The van der Waals surface area contributed by atoms with Crippen LogP contribution in [0, 0.1) is 41.5 Å². The molecular formula is C46H58N8. The number of benzene rings is 3. The molecule has 0 fully saturated rings. The summed E-state index contributed by atoms with van der Waals surface area (Å²) < 4.78 is 0. The Labute approximate surface area is 322 Å². The fourth-order valence-electron chi connectivity index (χ4n) is 8.60. The topological polar surface area (TPSA) is 98.0 Å².